The van der Waals surface area contributed by atoms with Crippen LogP contribution in [0.25, 0.3) is 21.5 Å². The number of methoxy groups -OCH3 is 1. The van der Waals surface area contributed by atoms with E-state index in [4.69, 9.17) is 9.84 Å². The number of fused-ring (bicyclic) bond motifs is 2. The fraction of sp³-hybridized carbons (Fsp3) is 0.258. The number of carboxylic acid groups (broad SMARTS) is 2. The molecular weight excluding hydrogens is 459 g/mol. The molecule has 0 amide bonds. The number of benzene rings is 4. The molecule has 0 saturated carbocycles. The van der Waals surface area contributed by atoms with Crippen LogP contribution in [0.1, 0.15) is 72.7 Å². The summed E-state index contributed by atoms with van der Waals surface area (Å²) in [6, 6.07) is 22.5. The van der Waals surface area contributed by atoms with E-state index in [0.29, 0.717) is 16.7 Å². The quantitative estimate of drug-likeness (QED) is 0.284. The van der Waals surface area contributed by atoms with Crippen molar-refractivity contribution >= 4 is 33.5 Å². The minimum atomic E-state index is -0.969. The van der Waals surface area contributed by atoms with Gasteiger partial charge in [0.1, 0.15) is 11.3 Å². The molecule has 6 heteroatoms. The van der Waals surface area contributed by atoms with Crippen LogP contribution >= 0.6 is 0 Å². The van der Waals surface area contributed by atoms with Crippen molar-refractivity contribution in [3.8, 4) is 5.75 Å². The van der Waals surface area contributed by atoms with E-state index in [2.05, 4.69) is 34.1 Å². The van der Waals surface area contributed by atoms with Crippen LogP contribution in [0, 0.1) is 6.42 Å². The molecule has 4 rings (SSSR count). The molecule has 0 bridgehead atoms. The summed E-state index contributed by atoms with van der Waals surface area (Å²) in [4.78, 5) is 22.6. The molecular formula is C31H35LiO5. The maximum Gasteiger partial charge on any atom is 1.00 e. The Morgan fingerprint density at radius 2 is 1.27 bits per heavy atom. The maximum absolute atomic E-state index is 11.5. The molecule has 0 radical (unpaired) electrons. The van der Waals surface area contributed by atoms with Crippen molar-refractivity contribution in [3.05, 3.63) is 95.9 Å². The number of hydrogen-bond donors (Lipinski definition) is 2. The Labute approximate surface area is 231 Å². The van der Waals surface area contributed by atoms with Gasteiger partial charge in [-0.2, -0.15) is 13.3 Å². The van der Waals surface area contributed by atoms with Gasteiger partial charge in [0.05, 0.1) is 12.7 Å². The first-order valence-electron chi connectivity index (χ1n) is 12.1. The summed E-state index contributed by atoms with van der Waals surface area (Å²) in [5, 5.41) is 21.9. The average molecular weight is 495 g/mol. The normalized spacial score (nSPS) is 10.7. The topological polar surface area (TPSA) is 83.8 Å². The van der Waals surface area contributed by atoms with Crippen molar-refractivity contribution in [2.24, 2.45) is 0 Å². The van der Waals surface area contributed by atoms with E-state index in [0.717, 1.165) is 28.1 Å². The molecule has 4 aromatic carbocycles. The summed E-state index contributed by atoms with van der Waals surface area (Å²) in [6.07, 6.45) is 4.26. The third-order valence-corrected chi connectivity index (χ3v) is 6.05. The van der Waals surface area contributed by atoms with Crippen LogP contribution < -0.4 is 23.6 Å². The third kappa shape index (κ3) is 8.11. The van der Waals surface area contributed by atoms with E-state index in [1.165, 1.54) is 13.5 Å². The summed E-state index contributed by atoms with van der Waals surface area (Å²) in [6.45, 7) is 8.32. The zero-order valence-corrected chi connectivity index (χ0v) is 22.6. The van der Waals surface area contributed by atoms with E-state index in [-0.39, 0.29) is 30.3 Å². The molecule has 0 aromatic heterocycles. The SMILES string of the molecule is CCC(C)c1ccc2ccccc2c1C(=O)O.COc1ccc2ccccc2c1C(=O)O.C[CH-]CC.[Li+]. The summed E-state index contributed by atoms with van der Waals surface area (Å²) in [5.41, 5.74) is 1.60. The van der Waals surface area contributed by atoms with Gasteiger partial charge in [-0.1, -0.05) is 87.5 Å². The zero-order chi connectivity index (χ0) is 26.7. The molecule has 190 valence electrons. The fourth-order valence-corrected chi connectivity index (χ4v) is 3.80. The largest absolute Gasteiger partial charge is 1.00 e. The van der Waals surface area contributed by atoms with Gasteiger partial charge in [0.15, 0.2) is 0 Å². The second-order valence-electron chi connectivity index (χ2n) is 8.35. The van der Waals surface area contributed by atoms with Gasteiger partial charge in [0, 0.05) is 0 Å². The molecule has 37 heavy (non-hydrogen) atoms. The summed E-state index contributed by atoms with van der Waals surface area (Å²) >= 11 is 0. The molecule has 2 N–H and O–H groups in total. The van der Waals surface area contributed by atoms with Crippen LogP contribution in [0.5, 0.6) is 5.75 Å². The minimum absolute atomic E-state index is 0. The van der Waals surface area contributed by atoms with Crippen molar-refractivity contribution in [3.63, 3.8) is 0 Å². The predicted octanol–water partition coefficient (Wildman–Crippen LogP) is 5.22. The number of carboxylic acids is 2. The molecule has 0 heterocycles. The van der Waals surface area contributed by atoms with Crippen molar-refractivity contribution in [1.29, 1.82) is 0 Å². The number of hydrogen-bond acceptors (Lipinski definition) is 3. The summed E-state index contributed by atoms with van der Waals surface area (Å²) < 4.78 is 5.03. The Balaban J connectivity index is 0.000000318. The summed E-state index contributed by atoms with van der Waals surface area (Å²) in [7, 11) is 1.47. The molecule has 1 unspecified atom stereocenters. The van der Waals surface area contributed by atoms with Crippen molar-refractivity contribution in [2.75, 3.05) is 7.11 Å². The van der Waals surface area contributed by atoms with Crippen LogP contribution in [0.4, 0.5) is 0 Å². The van der Waals surface area contributed by atoms with Crippen molar-refractivity contribution < 1.29 is 43.4 Å². The fourth-order valence-electron chi connectivity index (χ4n) is 3.80. The van der Waals surface area contributed by atoms with Gasteiger partial charge in [-0.25, -0.2) is 9.59 Å². The zero-order valence-electron chi connectivity index (χ0n) is 22.6. The first kappa shape index (κ1) is 31.8. The molecule has 0 spiro atoms. The van der Waals surface area contributed by atoms with E-state index >= 15 is 0 Å². The van der Waals surface area contributed by atoms with Gasteiger partial charge in [-0.15, -0.1) is 0 Å². The number of carbonyl (C=O) groups is 2. The first-order valence-corrected chi connectivity index (χ1v) is 12.1. The summed E-state index contributed by atoms with van der Waals surface area (Å²) in [5.74, 6) is -1.15. The van der Waals surface area contributed by atoms with E-state index in [1.807, 2.05) is 60.7 Å². The van der Waals surface area contributed by atoms with Gasteiger partial charge in [-0.3, -0.25) is 0 Å². The maximum atomic E-state index is 11.5. The van der Waals surface area contributed by atoms with Crippen LogP contribution in [0.3, 0.4) is 0 Å². The standard InChI is InChI=1S/C15H16O2.C12H10O3.C4H9.Li/c1-3-10(2)12-9-8-11-6-4-5-7-13(11)14(12)15(16)17;1-15-10-7-6-8-4-2-3-5-9(8)11(10)12(13)14;1-3-4-2;/h4-10H,3H2,1-2H3,(H,16,17);2-7H,1H3,(H,13,14);3H,4H2,1-2H3;/q;;-1;+1. The van der Waals surface area contributed by atoms with Crippen molar-refractivity contribution in [2.45, 2.75) is 46.5 Å². The second kappa shape index (κ2) is 15.8. The van der Waals surface area contributed by atoms with Gasteiger partial charge in [0.25, 0.3) is 0 Å². The predicted molar refractivity (Wildman–Crippen MR) is 147 cm³/mol. The van der Waals surface area contributed by atoms with E-state index < -0.39 is 11.9 Å². The number of aromatic carboxylic acids is 2. The van der Waals surface area contributed by atoms with Crippen LogP contribution in [-0.2, 0) is 0 Å². The van der Waals surface area contributed by atoms with Crippen molar-refractivity contribution in [1.82, 2.24) is 0 Å². The monoisotopic (exact) mass is 494 g/mol. The molecule has 0 saturated heterocycles. The van der Waals surface area contributed by atoms with Gasteiger partial charge in [-0.05, 0) is 45.5 Å². The minimum Gasteiger partial charge on any atom is -0.496 e. The number of ether oxygens (including phenoxy) is 1. The van der Waals surface area contributed by atoms with Gasteiger partial charge >= 0.3 is 30.8 Å². The van der Waals surface area contributed by atoms with Crippen LogP contribution in [0.15, 0.2) is 72.8 Å². The molecule has 0 fully saturated rings. The molecule has 0 aliphatic heterocycles. The molecule has 5 nitrogen and oxygen atoms in total. The third-order valence-electron chi connectivity index (χ3n) is 6.05. The van der Waals surface area contributed by atoms with Gasteiger partial charge < -0.3 is 21.4 Å². The van der Waals surface area contributed by atoms with E-state index in [9.17, 15) is 14.7 Å². The second-order valence-corrected chi connectivity index (χ2v) is 8.35. The molecule has 0 aliphatic rings. The Morgan fingerprint density at radius 1 is 0.811 bits per heavy atom. The number of unbranched alkanes of at least 4 members (excludes halogenated alkanes) is 1. The molecule has 1 atom stereocenters. The molecule has 4 aromatic rings. The Morgan fingerprint density at radius 3 is 1.70 bits per heavy atom. The van der Waals surface area contributed by atoms with E-state index in [1.54, 1.807) is 12.1 Å². The molecule has 0 aliphatic carbocycles. The first-order chi connectivity index (χ1) is 17.3. The van der Waals surface area contributed by atoms with Crippen LogP contribution in [-0.4, -0.2) is 29.3 Å². The number of rotatable bonds is 6. The average Bonchev–Trinajstić information content (AvgIpc) is 2.91. The van der Waals surface area contributed by atoms with Crippen LogP contribution in [0.2, 0.25) is 0 Å². The van der Waals surface area contributed by atoms with Gasteiger partial charge in [0.2, 0.25) is 0 Å². The Kier molecular flexibility index (Phi) is 13.5. The smallest absolute Gasteiger partial charge is 0.496 e. The Hall–Kier alpha value is -3.26. The Bertz CT molecular complexity index is 1310.